The molecule has 10 heteroatoms. The lowest BCUT2D eigenvalue weighted by molar-refractivity contribution is -0.384. The number of nitro groups is 1. The number of nitrogens with one attached hydrogen (secondary N) is 1. The minimum Gasteiger partial charge on any atom is -0.497 e. The Morgan fingerprint density at radius 1 is 1.11 bits per heavy atom. The molecule has 0 amide bonds. The molecule has 1 N–H and O–H groups in total. The molecule has 3 aromatic carbocycles. The van der Waals surface area contributed by atoms with Crippen LogP contribution in [0.1, 0.15) is 28.4 Å². The predicted molar refractivity (Wildman–Crippen MR) is 134 cm³/mol. The molecule has 0 bridgehead atoms. The quantitative estimate of drug-likeness (QED) is 0.286. The van der Waals surface area contributed by atoms with Crippen LogP contribution in [0.4, 0.5) is 5.69 Å². The first-order valence-corrected chi connectivity index (χ1v) is 12.7. The van der Waals surface area contributed by atoms with Gasteiger partial charge in [-0.25, -0.2) is 8.42 Å². The number of ether oxygens (including phenoxy) is 1. The fourth-order valence-corrected chi connectivity index (χ4v) is 6.42. The lowest BCUT2D eigenvalue weighted by atomic mass is 9.94. The third-order valence-electron chi connectivity index (χ3n) is 6.40. The molecule has 8 nitrogen and oxygen atoms in total. The minimum absolute atomic E-state index is 0.0101. The van der Waals surface area contributed by atoms with Gasteiger partial charge in [0, 0.05) is 29.2 Å². The summed E-state index contributed by atoms with van der Waals surface area (Å²) in [6, 6.07) is 15.9. The minimum atomic E-state index is -3.93. The van der Waals surface area contributed by atoms with E-state index in [9.17, 15) is 18.5 Å². The first-order chi connectivity index (χ1) is 16.7. The van der Waals surface area contributed by atoms with Gasteiger partial charge in [-0.15, -0.1) is 0 Å². The summed E-state index contributed by atoms with van der Waals surface area (Å²) in [5.74, 6) is 0.688. The monoisotopic (exact) mass is 511 g/mol. The second-order valence-electron chi connectivity index (χ2n) is 8.48. The molecule has 35 heavy (non-hydrogen) atoms. The van der Waals surface area contributed by atoms with E-state index in [0.29, 0.717) is 23.4 Å². The average Bonchev–Trinajstić information content (AvgIpc) is 3.21. The summed E-state index contributed by atoms with van der Waals surface area (Å²) in [5.41, 5.74) is 3.58. The molecule has 4 aromatic rings. The third-order valence-corrected chi connectivity index (χ3v) is 8.60. The lowest BCUT2D eigenvalue weighted by Crippen LogP contribution is -2.40. The summed E-state index contributed by atoms with van der Waals surface area (Å²) < 4.78 is 34.4. The standard InChI is InChI=1S/C25H22ClN3O5S/c1-15-3-7-18(8-4-15)35(32,33)28-12-11-19-20-14-17(34-2)6-10-22(20)27-24(19)25(28)16-5-9-21(26)23(13-16)29(30)31/h3-10,13-14,25,27H,11-12H2,1-2H3/t25-/m0/s1. The van der Waals surface area contributed by atoms with Crippen molar-refractivity contribution in [1.82, 2.24) is 9.29 Å². The van der Waals surface area contributed by atoms with Crippen LogP contribution in [0, 0.1) is 17.0 Å². The van der Waals surface area contributed by atoms with Crippen LogP contribution in [0.15, 0.2) is 65.6 Å². The smallest absolute Gasteiger partial charge is 0.288 e. The highest BCUT2D eigenvalue weighted by molar-refractivity contribution is 7.89. The maximum Gasteiger partial charge on any atom is 0.288 e. The predicted octanol–water partition coefficient (Wildman–Crippen LogP) is 5.38. The van der Waals surface area contributed by atoms with Crippen molar-refractivity contribution in [2.75, 3.05) is 13.7 Å². The van der Waals surface area contributed by atoms with Crippen molar-refractivity contribution < 1.29 is 18.1 Å². The lowest BCUT2D eigenvalue weighted by Gasteiger charge is -2.35. The van der Waals surface area contributed by atoms with E-state index in [1.807, 2.05) is 25.1 Å². The van der Waals surface area contributed by atoms with Crippen molar-refractivity contribution in [1.29, 1.82) is 0 Å². The largest absolute Gasteiger partial charge is 0.497 e. The number of aryl methyl sites for hydroxylation is 1. The Kier molecular flexibility index (Phi) is 5.79. The van der Waals surface area contributed by atoms with Gasteiger partial charge >= 0.3 is 0 Å². The number of nitrogens with zero attached hydrogens (tertiary/aromatic N) is 2. The van der Waals surface area contributed by atoms with Gasteiger partial charge in [0.1, 0.15) is 10.8 Å². The average molecular weight is 512 g/mol. The molecule has 1 aromatic heterocycles. The zero-order chi connectivity index (χ0) is 24.9. The summed E-state index contributed by atoms with van der Waals surface area (Å²) in [7, 11) is -2.34. The molecule has 5 rings (SSSR count). The second-order valence-corrected chi connectivity index (χ2v) is 10.8. The van der Waals surface area contributed by atoms with Gasteiger partial charge in [-0.3, -0.25) is 10.1 Å². The Morgan fingerprint density at radius 2 is 1.86 bits per heavy atom. The van der Waals surface area contributed by atoms with Crippen LogP contribution in [0.25, 0.3) is 10.9 Å². The van der Waals surface area contributed by atoms with E-state index in [2.05, 4.69) is 4.98 Å². The van der Waals surface area contributed by atoms with Gasteiger partial charge < -0.3 is 9.72 Å². The number of rotatable bonds is 5. The number of hydrogen-bond donors (Lipinski definition) is 1. The topological polar surface area (TPSA) is 106 Å². The van der Waals surface area contributed by atoms with Gasteiger partial charge in [0.25, 0.3) is 5.69 Å². The maximum atomic E-state index is 13.8. The number of aromatic nitrogens is 1. The molecule has 0 spiro atoms. The van der Waals surface area contributed by atoms with Crippen molar-refractivity contribution in [3.05, 3.63) is 98.2 Å². The Morgan fingerprint density at radius 3 is 2.54 bits per heavy atom. The molecule has 0 radical (unpaired) electrons. The van der Waals surface area contributed by atoms with Gasteiger partial charge in [0.05, 0.1) is 23.0 Å². The summed E-state index contributed by atoms with van der Waals surface area (Å²) in [5, 5.41) is 12.5. The first-order valence-electron chi connectivity index (χ1n) is 10.9. The number of methoxy groups -OCH3 is 1. The fourth-order valence-electron chi connectivity index (χ4n) is 4.65. The number of nitro benzene ring substituents is 1. The summed E-state index contributed by atoms with van der Waals surface area (Å²) >= 11 is 6.07. The van der Waals surface area contributed by atoms with Crippen LogP contribution in [0.3, 0.4) is 0 Å². The summed E-state index contributed by atoms with van der Waals surface area (Å²) in [6.45, 7) is 2.09. The third kappa shape index (κ3) is 3.95. The number of sulfonamides is 1. The van der Waals surface area contributed by atoms with Gasteiger partial charge in [-0.1, -0.05) is 35.4 Å². The SMILES string of the molecule is COc1ccc2[nH]c3c(c2c1)CCN(S(=O)(=O)c1ccc(C)cc1)[C@H]3c1ccc(Cl)c([N+](=O)[O-])c1. The van der Waals surface area contributed by atoms with Crippen LogP contribution < -0.4 is 4.74 Å². The molecule has 1 aliphatic heterocycles. The van der Waals surface area contributed by atoms with E-state index in [4.69, 9.17) is 16.3 Å². The zero-order valence-electron chi connectivity index (χ0n) is 19.0. The van der Waals surface area contributed by atoms with Crippen LogP contribution in [0.2, 0.25) is 5.02 Å². The van der Waals surface area contributed by atoms with Crippen molar-refractivity contribution in [2.24, 2.45) is 0 Å². The van der Waals surface area contributed by atoms with E-state index >= 15 is 0 Å². The number of halogens is 1. The first kappa shape index (κ1) is 23.3. The molecule has 0 saturated heterocycles. The molecule has 0 aliphatic carbocycles. The molecule has 1 atom stereocenters. The number of aromatic amines is 1. The molecular formula is C25H22ClN3O5S. The van der Waals surface area contributed by atoms with E-state index in [0.717, 1.165) is 22.0 Å². The van der Waals surface area contributed by atoms with E-state index in [1.165, 1.54) is 16.4 Å². The van der Waals surface area contributed by atoms with Crippen molar-refractivity contribution >= 4 is 38.2 Å². The zero-order valence-corrected chi connectivity index (χ0v) is 20.6. The molecule has 0 fully saturated rings. The van der Waals surface area contributed by atoms with Crippen molar-refractivity contribution in [3.63, 3.8) is 0 Å². The molecule has 1 aliphatic rings. The molecular weight excluding hydrogens is 490 g/mol. The fraction of sp³-hybridized carbons (Fsp3) is 0.200. The highest BCUT2D eigenvalue weighted by Crippen LogP contribution is 2.43. The maximum absolute atomic E-state index is 13.8. The van der Waals surface area contributed by atoms with Crippen molar-refractivity contribution in [3.8, 4) is 5.75 Å². The highest BCUT2D eigenvalue weighted by atomic mass is 35.5. The number of benzene rings is 3. The second kappa shape index (κ2) is 8.67. The van der Waals surface area contributed by atoms with E-state index in [-0.39, 0.29) is 22.2 Å². The van der Waals surface area contributed by atoms with Crippen LogP contribution in [-0.2, 0) is 16.4 Å². The Bertz CT molecular complexity index is 1560. The molecule has 180 valence electrons. The number of fused-ring (bicyclic) bond motifs is 3. The van der Waals surface area contributed by atoms with Gasteiger partial charge in [0.15, 0.2) is 0 Å². The Balaban J connectivity index is 1.74. The molecule has 0 unspecified atom stereocenters. The van der Waals surface area contributed by atoms with Crippen LogP contribution >= 0.6 is 11.6 Å². The number of hydrogen-bond acceptors (Lipinski definition) is 5. The Hall–Kier alpha value is -3.40. The van der Waals surface area contributed by atoms with E-state index < -0.39 is 21.0 Å². The summed E-state index contributed by atoms with van der Waals surface area (Å²) in [4.78, 5) is 14.6. The summed E-state index contributed by atoms with van der Waals surface area (Å²) in [6.07, 6.45) is 0.472. The normalized spacial score (nSPS) is 16.3. The molecule has 0 saturated carbocycles. The van der Waals surface area contributed by atoms with Gasteiger partial charge in [-0.05, 0) is 60.9 Å². The Labute approximate surface area is 207 Å². The van der Waals surface area contributed by atoms with Crippen LogP contribution in [-0.4, -0.2) is 36.3 Å². The highest BCUT2D eigenvalue weighted by Gasteiger charge is 2.40. The van der Waals surface area contributed by atoms with Gasteiger partial charge in [-0.2, -0.15) is 4.31 Å². The molecule has 2 heterocycles. The van der Waals surface area contributed by atoms with E-state index in [1.54, 1.807) is 37.4 Å². The van der Waals surface area contributed by atoms with Crippen LogP contribution in [0.5, 0.6) is 5.75 Å². The van der Waals surface area contributed by atoms with Crippen molar-refractivity contribution in [2.45, 2.75) is 24.3 Å². The van der Waals surface area contributed by atoms with Gasteiger partial charge in [0.2, 0.25) is 10.0 Å². The number of H-pyrrole nitrogens is 1.